The van der Waals surface area contributed by atoms with E-state index in [1.807, 2.05) is 31.2 Å². The van der Waals surface area contributed by atoms with Crippen LogP contribution in [0.5, 0.6) is 0 Å². The summed E-state index contributed by atoms with van der Waals surface area (Å²) in [5.74, 6) is -0.294. The number of nitrogens with zero attached hydrogens (tertiary/aromatic N) is 3. The summed E-state index contributed by atoms with van der Waals surface area (Å²) in [6.07, 6.45) is 0. The molecule has 2 aromatic carbocycles. The quantitative estimate of drug-likeness (QED) is 0.746. The number of carbonyl (C=O) groups excluding carboxylic acids is 1. The van der Waals surface area contributed by atoms with Crippen molar-refractivity contribution in [2.75, 3.05) is 0 Å². The van der Waals surface area contributed by atoms with Crippen molar-refractivity contribution in [3.05, 3.63) is 68.9 Å². The lowest BCUT2D eigenvalue weighted by molar-refractivity contribution is -0.122. The van der Waals surface area contributed by atoms with E-state index in [9.17, 15) is 9.59 Å². The average molecular weight is 387 g/mol. The van der Waals surface area contributed by atoms with Gasteiger partial charge in [0.2, 0.25) is 5.91 Å². The van der Waals surface area contributed by atoms with Gasteiger partial charge in [0.05, 0.1) is 11.4 Å². The van der Waals surface area contributed by atoms with E-state index in [2.05, 4.69) is 31.6 Å². The summed E-state index contributed by atoms with van der Waals surface area (Å²) >= 11 is 3.38. The first-order valence-electron chi connectivity index (χ1n) is 7.42. The monoisotopic (exact) mass is 386 g/mol. The highest BCUT2D eigenvalue weighted by molar-refractivity contribution is 9.10. The minimum Gasteiger partial charge on any atom is -0.348 e. The van der Waals surface area contributed by atoms with E-state index < -0.39 is 0 Å². The van der Waals surface area contributed by atoms with Crippen molar-refractivity contribution in [1.29, 1.82) is 0 Å². The van der Waals surface area contributed by atoms with Gasteiger partial charge in [-0.3, -0.25) is 9.59 Å². The summed E-state index contributed by atoms with van der Waals surface area (Å²) in [6, 6.07) is 14.4. The standard InChI is InChI=1S/C17H15BrN4O2/c1-11(12-6-8-13(18)9-7-12)19-16(23)10-22-17(24)14-4-2-3-5-15(14)20-21-22/h2-9,11H,10H2,1H3,(H,19,23)/t11-/m0/s1. The molecule has 0 aliphatic carbocycles. The van der Waals surface area contributed by atoms with Crippen LogP contribution in [0.15, 0.2) is 57.8 Å². The summed E-state index contributed by atoms with van der Waals surface area (Å²) < 4.78 is 2.05. The number of aromatic nitrogens is 3. The van der Waals surface area contributed by atoms with Crippen molar-refractivity contribution in [3.8, 4) is 0 Å². The molecule has 1 atom stereocenters. The number of rotatable bonds is 4. The summed E-state index contributed by atoms with van der Waals surface area (Å²) in [7, 11) is 0. The maximum atomic E-state index is 12.3. The normalized spacial score (nSPS) is 12.1. The van der Waals surface area contributed by atoms with Gasteiger partial charge in [0, 0.05) is 4.47 Å². The Bertz CT molecular complexity index is 937. The number of hydrogen-bond donors (Lipinski definition) is 1. The van der Waals surface area contributed by atoms with Crippen LogP contribution in [0.2, 0.25) is 0 Å². The molecule has 24 heavy (non-hydrogen) atoms. The van der Waals surface area contributed by atoms with E-state index in [-0.39, 0.29) is 24.1 Å². The van der Waals surface area contributed by atoms with Crippen molar-refractivity contribution in [2.45, 2.75) is 19.5 Å². The van der Waals surface area contributed by atoms with Crippen molar-refractivity contribution in [1.82, 2.24) is 20.3 Å². The Morgan fingerprint density at radius 2 is 1.92 bits per heavy atom. The predicted molar refractivity (Wildman–Crippen MR) is 94.5 cm³/mol. The zero-order valence-electron chi connectivity index (χ0n) is 12.9. The summed E-state index contributed by atoms with van der Waals surface area (Å²) in [6.45, 7) is 1.72. The molecule has 0 spiro atoms. The first-order chi connectivity index (χ1) is 11.5. The van der Waals surface area contributed by atoms with Crippen LogP contribution in [-0.2, 0) is 11.3 Å². The molecule has 0 saturated carbocycles. The Labute approximate surface area is 146 Å². The second-order valence-electron chi connectivity index (χ2n) is 5.41. The van der Waals surface area contributed by atoms with E-state index in [0.29, 0.717) is 10.9 Å². The van der Waals surface area contributed by atoms with Crippen LogP contribution in [0.25, 0.3) is 10.9 Å². The maximum Gasteiger partial charge on any atom is 0.278 e. The third-order valence-corrected chi connectivity index (χ3v) is 4.20. The molecule has 1 aromatic heterocycles. The number of benzene rings is 2. The molecule has 122 valence electrons. The van der Waals surface area contributed by atoms with Gasteiger partial charge in [0.15, 0.2) is 0 Å². The number of hydrogen-bond acceptors (Lipinski definition) is 4. The van der Waals surface area contributed by atoms with Gasteiger partial charge in [0.1, 0.15) is 12.1 Å². The summed E-state index contributed by atoms with van der Waals surface area (Å²) in [4.78, 5) is 24.5. The SMILES string of the molecule is C[C@H](NC(=O)Cn1nnc2ccccc2c1=O)c1ccc(Br)cc1. The van der Waals surface area contributed by atoms with Crippen molar-refractivity contribution in [3.63, 3.8) is 0 Å². The lowest BCUT2D eigenvalue weighted by Gasteiger charge is -2.14. The average Bonchev–Trinajstić information content (AvgIpc) is 2.58. The second-order valence-corrected chi connectivity index (χ2v) is 6.33. The Balaban J connectivity index is 1.74. The number of carbonyl (C=O) groups is 1. The highest BCUT2D eigenvalue weighted by Crippen LogP contribution is 2.16. The molecule has 0 bridgehead atoms. The number of halogens is 1. The van der Waals surface area contributed by atoms with E-state index in [1.54, 1.807) is 24.3 Å². The molecule has 6 nitrogen and oxygen atoms in total. The predicted octanol–water partition coefficient (Wildman–Crippen LogP) is 2.43. The van der Waals surface area contributed by atoms with Gasteiger partial charge in [-0.1, -0.05) is 45.4 Å². The van der Waals surface area contributed by atoms with Crippen LogP contribution < -0.4 is 10.9 Å². The molecule has 1 heterocycles. The van der Waals surface area contributed by atoms with E-state index in [1.165, 1.54) is 0 Å². The Morgan fingerprint density at radius 1 is 1.21 bits per heavy atom. The first-order valence-corrected chi connectivity index (χ1v) is 8.21. The van der Waals surface area contributed by atoms with Crippen LogP contribution in [-0.4, -0.2) is 20.9 Å². The largest absolute Gasteiger partial charge is 0.348 e. The fourth-order valence-corrected chi connectivity index (χ4v) is 2.65. The minimum atomic E-state index is -0.327. The molecule has 0 saturated heterocycles. The molecule has 0 fully saturated rings. The first kappa shape index (κ1) is 16.3. The zero-order valence-corrected chi connectivity index (χ0v) is 14.5. The summed E-state index contributed by atoms with van der Waals surface area (Å²) in [5, 5.41) is 11.1. The highest BCUT2D eigenvalue weighted by Gasteiger charge is 2.12. The zero-order chi connectivity index (χ0) is 17.1. The van der Waals surface area contributed by atoms with Gasteiger partial charge in [0.25, 0.3) is 5.56 Å². The molecule has 0 radical (unpaired) electrons. The van der Waals surface area contributed by atoms with Gasteiger partial charge in [-0.25, -0.2) is 4.68 Å². The molecule has 0 aliphatic heterocycles. The lowest BCUT2D eigenvalue weighted by atomic mass is 10.1. The number of nitrogens with one attached hydrogen (secondary N) is 1. The Kier molecular flexibility index (Phi) is 4.71. The van der Waals surface area contributed by atoms with Crippen LogP contribution in [0.4, 0.5) is 0 Å². The number of fused-ring (bicyclic) bond motifs is 1. The second kappa shape index (κ2) is 6.92. The van der Waals surface area contributed by atoms with Crippen molar-refractivity contribution < 1.29 is 4.79 Å². The van der Waals surface area contributed by atoms with Crippen molar-refractivity contribution >= 4 is 32.7 Å². The molecule has 1 amide bonds. The highest BCUT2D eigenvalue weighted by atomic mass is 79.9. The van der Waals surface area contributed by atoms with Gasteiger partial charge in [-0.2, -0.15) is 0 Å². The number of amides is 1. The van der Waals surface area contributed by atoms with Crippen LogP contribution in [0.1, 0.15) is 18.5 Å². The molecule has 1 N–H and O–H groups in total. The maximum absolute atomic E-state index is 12.3. The van der Waals surface area contributed by atoms with Crippen LogP contribution in [0.3, 0.4) is 0 Å². The van der Waals surface area contributed by atoms with Crippen LogP contribution in [0, 0.1) is 0 Å². The van der Waals surface area contributed by atoms with E-state index in [4.69, 9.17) is 0 Å². The molecule has 3 rings (SSSR count). The molecular formula is C17H15BrN4O2. The smallest absolute Gasteiger partial charge is 0.278 e. The Morgan fingerprint density at radius 3 is 2.67 bits per heavy atom. The van der Waals surface area contributed by atoms with E-state index in [0.717, 1.165) is 14.7 Å². The molecule has 0 unspecified atom stereocenters. The van der Waals surface area contributed by atoms with Gasteiger partial charge in [-0.15, -0.1) is 5.10 Å². The topological polar surface area (TPSA) is 76.9 Å². The summed E-state index contributed by atoms with van der Waals surface area (Å²) in [5.41, 5.74) is 1.16. The fourth-order valence-electron chi connectivity index (χ4n) is 2.38. The van der Waals surface area contributed by atoms with E-state index >= 15 is 0 Å². The Hall–Kier alpha value is -2.54. The third kappa shape index (κ3) is 3.51. The molecule has 7 heteroatoms. The minimum absolute atomic E-state index is 0.169. The van der Waals surface area contributed by atoms with Gasteiger partial charge < -0.3 is 5.32 Å². The van der Waals surface area contributed by atoms with Gasteiger partial charge >= 0.3 is 0 Å². The fraction of sp³-hybridized carbons (Fsp3) is 0.176. The molecular weight excluding hydrogens is 372 g/mol. The van der Waals surface area contributed by atoms with Gasteiger partial charge in [-0.05, 0) is 36.8 Å². The van der Waals surface area contributed by atoms with Crippen molar-refractivity contribution in [2.24, 2.45) is 0 Å². The molecule has 3 aromatic rings. The molecule has 0 aliphatic rings. The lowest BCUT2D eigenvalue weighted by Crippen LogP contribution is -2.35. The van der Waals surface area contributed by atoms with Crippen LogP contribution >= 0.6 is 15.9 Å². The third-order valence-electron chi connectivity index (χ3n) is 3.67.